The summed E-state index contributed by atoms with van der Waals surface area (Å²) in [5, 5.41) is 25.0. The molecule has 21 heavy (non-hydrogen) atoms. The van der Waals surface area contributed by atoms with Crippen molar-refractivity contribution in [1.82, 2.24) is 20.6 Å². The number of aryl methyl sites for hydroxylation is 1. The van der Waals surface area contributed by atoms with Gasteiger partial charge in [0.25, 0.3) is 5.91 Å². The standard InChI is InChI=1S/C13H15N5O3/c1-3-4-8-5-9(7(2)19)11(20)10(6-8)14-13(21)12-15-17-18-16-12/h5-6,20H,3-4H2,1-2H3,(H,14,21)(H,15,16,17,18). The third-order valence-corrected chi connectivity index (χ3v) is 2.90. The second kappa shape index (κ2) is 6.12. The molecule has 8 nitrogen and oxygen atoms in total. The molecule has 0 bridgehead atoms. The molecule has 3 N–H and O–H groups in total. The van der Waals surface area contributed by atoms with E-state index in [1.807, 2.05) is 6.92 Å². The summed E-state index contributed by atoms with van der Waals surface area (Å²) < 4.78 is 0. The molecular weight excluding hydrogens is 274 g/mol. The highest BCUT2D eigenvalue weighted by molar-refractivity contribution is 6.05. The fraction of sp³-hybridized carbons (Fsp3) is 0.308. The number of nitrogens with zero attached hydrogens (tertiary/aromatic N) is 3. The summed E-state index contributed by atoms with van der Waals surface area (Å²) in [5.74, 6) is -1.22. The zero-order valence-electron chi connectivity index (χ0n) is 11.7. The number of anilines is 1. The van der Waals surface area contributed by atoms with Crippen molar-refractivity contribution in [3.63, 3.8) is 0 Å². The van der Waals surface area contributed by atoms with Crippen LogP contribution >= 0.6 is 0 Å². The molecule has 0 radical (unpaired) electrons. The second-order valence-electron chi connectivity index (χ2n) is 4.55. The first-order valence-corrected chi connectivity index (χ1v) is 6.44. The maximum Gasteiger partial charge on any atom is 0.295 e. The largest absolute Gasteiger partial charge is 0.505 e. The van der Waals surface area contributed by atoms with Crippen LogP contribution in [0, 0.1) is 0 Å². The van der Waals surface area contributed by atoms with Crippen LogP contribution < -0.4 is 5.32 Å². The van der Waals surface area contributed by atoms with Crippen LogP contribution in [-0.4, -0.2) is 37.4 Å². The molecule has 1 aromatic carbocycles. The molecule has 0 aliphatic carbocycles. The van der Waals surface area contributed by atoms with Crippen molar-refractivity contribution >= 4 is 17.4 Å². The number of ketones is 1. The maximum atomic E-state index is 11.9. The number of carbonyl (C=O) groups excluding carboxylic acids is 2. The number of aromatic nitrogens is 4. The van der Waals surface area contributed by atoms with Gasteiger partial charge in [-0.3, -0.25) is 9.59 Å². The second-order valence-corrected chi connectivity index (χ2v) is 4.55. The quantitative estimate of drug-likeness (QED) is 0.563. The number of H-pyrrole nitrogens is 1. The number of hydrogen-bond acceptors (Lipinski definition) is 6. The number of amides is 1. The first-order chi connectivity index (χ1) is 10.0. The van der Waals surface area contributed by atoms with Gasteiger partial charge in [-0.05, 0) is 41.5 Å². The zero-order valence-corrected chi connectivity index (χ0v) is 11.7. The van der Waals surface area contributed by atoms with Crippen LogP contribution in [-0.2, 0) is 6.42 Å². The molecule has 0 atom stereocenters. The number of aromatic amines is 1. The number of carbonyl (C=O) groups is 2. The molecule has 1 amide bonds. The van der Waals surface area contributed by atoms with E-state index in [4.69, 9.17) is 0 Å². The Labute approximate surface area is 120 Å². The van der Waals surface area contributed by atoms with Crippen molar-refractivity contribution in [2.24, 2.45) is 0 Å². The molecule has 0 saturated carbocycles. The van der Waals surface area contributed by atoms with Crippen molar-refractivity contribution in [3.8, 4) is 5.75 Å². The number of nitrogens with one attached hydrogen (secondary N) is 2. The van der Waals surface area contributed by atoms with E-state index in [0.29, 0.717) is 0 Å². The Hall–Kier alpha value is -2.77. The van der Waals surface area contributed by atoms with E-state index in [-0.39, 0.29) is 28.6 Å². The molecule has 8 heteroatoms. The van der Waals surface area contributed by atoms with E-state index in [9.17, 15) is 14.7 Å². The van der Waals surface area contributed by atoms with E-state index in [2.05, 4.69) is 25.9 Å². The highest BCUT2D eigenvalue weighted by Gasteiger charge is 2.17. The first kappa shape index (κ1) is 14.6. The van der Waals surface area contributed by atoms with Gasteiger partial charge in [0.2, 0.25) is 5.82 Å². The predicted octanol–water partition coefficient (Wildman–Crippen LogP) is 1.31. The van der Waals surface area contributed by atoms with Crippen LogP contribution in [0.1, 0.15) is 46.8 Å². The molecule has 0 aliphatic rings. The number of hydrogen-bond donors (Lipinski definition) is 3. The van der Waals surface area contributed by atoms with E-state index in [0.717, 1.165) is 18.4 Å². The molecule has 1 aromatic heterocycles. The summed E-state index contributed by atoms with van der Waals surface area (Å²) in [5.41, 5.74) is 1.19. The number of aromatic hydroxyl groups is 1. The van der Waals surface area contributed by atoms with Crippen molar-refractivity contribution in [1.29, 1.82) is 0 Å². The SMILES string of the molecule is CCCc1cc(NC(=O)c2nnn[nH]2)c(O)c(C(C)=O)c1. The van der Waals surface area contributed by atoms with Gasteiger partial charge >= 0.3 is 0 Å². The van der Waals surface area contributed by atoms with Gasteiger partial charge in [-0.25, -0.2) is 5.10 Å². The Bertz CT molecular complexity index is 667. The van der Waals surface area contributed by atoms with Gasteiger partial charge in [0.15, 0.2) is 5.78 Å². The molecule has 0 spiro atoms. The van der Waals surface area contributed by atoms with Crippen LogP contribution in [0.5, 0.6) is 5.75 Å². The van der Waals surface area contributed by atoms with Crippen molar-refractivity contribution in [2.45, 2.75) is 26.7 Å². The minimum Gasteiger partial charge on any atom is -0.505 e. The molecule has 110 valence electrons. The van der Waals surface area contributed by atoms with Crippen molar-refractivity contribution in [2.75, 3.05) is 5.32 Å². The number of benzene rings is 1. The van der Waals surface area contributed by atoms with Crippen LogP contribution in [0.3, 0.4) is 0 Å². The predicted molar refractivity (Wildman–Crippen MR) is 74.2 cm³/mol. The lowest BCUT2D eigenvalue weighted by Crippen LogP contribution is -2.15. The summed E-state index contributed by atoms with van der Waals surface area (Å²) in [4.78, 5) is 23.5. The normalized spacial score (nSPS) is 10.4. The number of tetrazole rings is 1. The molecule has 0 aliphatic heterocycles. The van der Waals surface area contributed by atoms with Gasteiger partial charge in [0, 0.05) is 0 Å². The van der Waals surface area contributed by atoms with Crippen LogP contribution in [0.25, 0.3) is 0 Å². The molecule has 0 fully saturated rings. The van der Waals surface area contributed by atoms with E-state index in [1.54, 1.807) is 12.1 Å². The van der Waals surface area contributed by atoms with Crippen molar-refractivity contribution in [3.05, 3.63) is 29.1 Å². The Kier molecular flexibility index (Phi) is 4.27. The van der Waals surface area contributed by atoms with E-state index in [1.165, 1.54) is 6.92 Å². The van der Waals surface area contributed by atoms with Gasteiger partial charge in [-0.15, -0.1) is 5.10 Å². The van der Waals surface area contributed by atoms with E-state index >= 15 is 0 Å². The van der Waals surface area contributed by atoms with Gasteiger partial charge < -0.3 is 10.4 Å². The Balaban J connectivity index is 2.37. The van der Waals surface area contributed by atoms with Gasteiger partial charge in [0.1, 0.15) is 5.75 Å². The van der Waals surface area contributed by atoms with Crippen LogP contribution in [0.15, 0.2) is 12.1 Å². The fourth-order valence-electron chi connectivity index (χ4n) is 1.93. The van der Waals surface area contributed by atoms with Crippen LogP contribution in [0.2, 0.25) is 0 Å². The zero-order chi connectivity index (χ0) is 15.4. The minimum absolute atomic E-state index is 0.0836. The third-order valence-electron chi connectivity index (χ3n) is 2.90. The fourth-order valence-corrected chi connectivity index (χ4v) is 1.93. The average molecular weight is 289 g/mol. The molecule has 1 heterocycles. The first-order valence-electron chi connectivity index (χ1n) is 6.44. The van der Waals surface area contributed by atoms with Crippen LogP contribution in [0.4, 0.5) is 5.69 Å². The monoisotopic (exact) mass is 289 g/mol. The smallest absolute Gasteiger partial charge is 0.295 e. The van der Waals surface area contributed by atoms with E-state index < -0.39 is 5.91 Å². The van der Waals surface area contributed by atoms with Crippen molar-refractivity contribution < 1.29 is 14.7 Å². The summed E-state index contributed by atoms with van der Waals surface area (Å²) in [6, 6.07) is 3.26. The lowest BCUT2D eigenvalue weighted by molar-refractivity contribution is 0.1000. The number of rotatable bonds is 5. The number of phenols is 1. The lowest BCUT2D eigenvalue weighted by atomic mass is 10.0. The Morgan fingerprint density at radius 3 is 2.71 bits per heavy atom. The topological polar surface area (TPSA) is 121 Å². The third kappa shape index (κ3) is 3.22. The summed E-state index contributed by atoms with van der Waals surface area (Å²) in [7, 11) is 0. The molecular formula is C13H15N5O3. The molecule has 0 saturated heterocycles. The highest BCUT2D eigenvalue weighted by Crippen LogP contribution is 2.30. The van der Waals surface area contributed by atoms with Gasteiger partial charge in [-0.2, -0.15) is 0 Å². The van der Waals surface area contributed by atoms with Gasteiger partial charge in [0.05, 0.1) is 11.3 Å². The lowest BCUT2D eigenvalue weighted by Gasteiger charge is -2.11. The summed E-state index contributed by atoms with van der Waals surface area (Å²) >= 11 is 0. The molecule has 0 unspecified atom stereocenters. The summed E-state index contributed by atoms with van der Waals surface area (Å²) in [6.07, 6.45) is 1.61. The highest BCUT2D eigenvalue weighted by atomic mass is 16.3. The minimum atomic E-state index is -0.599. The Morgan fingerprint density at radius 1 is 1.38 bits per heavy atom. The number of phenolic OH excluding ortho intramolecular Hbond substituents is 1. The summed E-state index contributed by atoms with van der Waals surface area (Å²) in [6.45, 7) is 3.36. The molecule has 2 aromatic rings. The maximum absolute atomic E-state index is 11.9. The average Bonchev–Trinajstić information content (AvgIpc) is 2.96. The van der Waals surface area contributed by atoms with Gasteiger partial charge in [-0.1, -0.05) is 13.3 Å². The number of Topliss-reactive ketones (excluding diaryl/α,β-unsaturated/α-hetero) is 1. The molecule has 2 rings (SSSR count). The Morgan fingerprint density at radius 2 is 2.14 bits per heavy atom.